The third kappa shape index (κ3) is 4.30. The third-order valence-corrected chi connectivity index (χ3v) is 3.51. The topological polar surface area (TPSA) is 42.0 Å². The maximum absolute atomic E-state index is 12.4. The van der Waals surface area contributed by atoms with Gasteiger partial charge >= 0.3 is 6.18 Å². The number of carbonyl (C=O) groups is 1. The molecule has 1 saturated heterocycles. The molecule has 0 aromatic carbocycles. The Balaban J connectivity index is 1.87. The fraction of sp³-hybridized carbons (Fsp3) is 0.571. The van der Waals surface area contributed by atoms with Crippen LogP contribution in [0.15, 0.2) is 18.3 Å². The average molecular weight is 286 g/mol. The van der Waals surface area contributed by atoms with Gasteiger partial charge in [-0.25, -0.2) is 0 Å². The molecular formula is C14H17F3N2O. The van der Waals surface area contributed by atoms with E-state index >= 15 is 0 Å². The molecule has 2 heterocycles. The molecule has 0 radical (unpaired) electrons. The summed E-state index contributed by atoms with van der Waals surface area (Å²) < 4.78 is 37.1. The van der Waals surface area contributed by atoms with Gasteiger partial charge in [-0.05, 0) is 44.0 Å². The van der Waals surface area contributed by atoms with Gasteiger partial charge in [-0.3, -0.25) is 9.78 Å². The lowest BCUT2D eigenvalue weighted by atomic mass is 9.91. The van der Waals surface area contributed by atoms with Gasteiger partial charge in [0.1, 0.15) is 5.78 Å². The molecular weight excluding hydrogens is 269 g/mol. The summed E-state index contributed by atoms with van der Waals surface area (Å²) in [7, 11) is 0. The van der Waals surface area contributed by atoms with Gasteiger partial charge in [-0.1, -0.05) is 0 Å². The first-order valence-corrected chi connectivity index (χ1v) is 6.69. The van der Waals surface area contributed by atoms with Gasteiger partial charge in [0, 0.05) is 24.7 Å². The Morgan fingerprint density at radius 2 is 2.00 bits per heavy atom. The third-order valence-electron chi connectivity index (χ3n) is 3.51. The van der Waals surface area contributed by atoms with Crippen LogP contribution in [0.4, 0.5) is 13.2 Å². The number of rotatable bonds is 4. The lowest BCUT2D eigenvalue weighted by Crippen LogP contribution is -2.29. The molecule has 0 unspecified atom stereocenters. The Labute approximate surface area is 115 Å². The highest BCUT2D eigenvalue weighted by molar-refractivity contribution is 5.80. The van der Waals surface area contributed by atoms with Crippen LogP contribution < -0.4 is 5.32 Å². The van der Waals surface area contributed by atoms with Crippen LogP contribution in [0.2, 0.25) is 0 Å². The molecule has 6 heteroatoms. The van der Waals surface area contributed by atoms with Gasteiger partial charge in [0.05, 0.1) is 5.56 Å². The smallest absolute Gasteiger partial charge is 0.317 e. The number of hydrogen-bond donors (Lipinski definition) is 1. The zero-order chi connectivity index (χ0) is 14.6. The van der Waals surface area contributed by atoms with Crippen molar-refractivity contribution in [2.45, 2.75) is 31.9 Å². The van der Waals surface area contributed by atoms with E-state index in [1.54, 1.807) is 0 Å². The van der Waals surface area contributed by atoms with E-state index in [-0.39, 0.29) is 12.2 Å². The Morgan fingerprint density at radius 1 is 1.30 bits per heavy atom. The Bertz CT molecular complexity index is 450. The molecule has 0 amide bonds. The van der Waals surface area contributed by atoms with Crippen molar-refractivity contribution in [2.75, 3.05) is 13.1 Å². The monoisotopic (exact) mass is 286 g/mol. The number of halogens is 3. The average Bonchev–Trinajstić information content (AvgIpc) is 2.39. The largest absolute Gasteiger partial charge is 0.417 e. The molecule has 1 aromatic heterocycles. The first-order chi connectivity index (χ1) is 9.45. The standard InChI is InChI=1S/C14H17F3N2O/c15-14(16,17)11-1-2-12(19-9-11)8-13(20)7-10-3-5-18-6-4-10/h1-2,9-10,18H,3-8H2. The number of alkyl halides is 3. The van der Waals surface area contributed by atoms with E-state index < -0.39 is 11.7 Å². The van der Waals surface area contributed by atoms with Crippen molar-refractivity contribution < 1.29 is 18.0 Å². The molecule has 0 atom stereocenters. The van der Waals surface area contributed by atoms with Crippen LogP contribution in [0.3, 0.4) is 0 Å². The summed E-state index contributed by atoms with van der Waals surface area (Å²) in [4.78, 5) is 15.6. The number of hydrogen-bond acceptors (Lipinski definition) is 3. The first-order valence-electron chi connectivity index (χ1n) is 6.69. The molecule has 2 rings (SSSR count). The fourth-order valence-corrected chi connectivity index (χ4v) is 2.38. The maximum atomic E-state index is 12.4. The van der Waals surface area contributed by atoms with E-state index in [0.717, 1.165) is 38.2 Å². The van der Waals surface area contributed by atoms with Gasteiger partial charge in [0.2, 0.25) is 0 Å². The Hall–Kier alpha value is -1.43. The molecule has 110 valence electrons. The van der Waals surface area contributed by atoms with Crippen molar-refractivity contribution in [3.63, 3.8) is 0 Å². The summed E-state index contributed by atoms with van der Waals surface area (Å²) in [6.45, 7) is 1.85. The van der Waals surface area contributed by atoms with Crippen molar-refractivity contribution in [2.24, 2.45) is 5.92 Å². The maximum Gasteiger partial charge on any atom is 0.417 e. The summed E-state index contributed by atoms with van der Waals surface area (Å²) in [5, 5.41) is 3.23. The molecule has 20 heavy (non-hydrogen) atoms. The number of ketones is 1. The number of piperidine rings is 1. The lowest BCUT2D eigenvalue weighted by molar-refractivity contribution is -0.137. The van der Waals surface area contributed by atoms with Crippen molar-refractivity contribution in [1.29, 1.82) is 0 Å². The van der Waals surface area contributed by atoms with Crippen LogP contribution in [-0.4, -0.2) is 23.9 Å². The van der Waals surface area contributed by atoms with Gasteiger partial charge in [-0.15, -0.1) is 0 Å². The second-order valence-electron chi connectivity index (χ2n) is 5.15. The molecule has 0 saturated carbocycles. The van der Waals surface area contributed by atoms with E-state index in [1.807, 2.05) is 0 Å². The Morgan fingerprint density at radius 3 is 2.55 bits per heavy atom. The van der Waals surface area contributed by atoms with Crippen LogP contribution in [0.25, 0.3) is 0 Å². The number of nitrogens with one attached hydrogen (secondary N) is 1. The second-order valence-corrected chi connectivity index (χ2v) is 5.15. The van der Waals surface area contributed by atoms with Crippen LogP contribution >= 0.6 is 0 Å². The molecule has 1 aliphatic rings. The number of nitrogens with zero attached hydrogens (tertiary/aromatic N) is 1. The molecule has 1 aliphatic heterocycles. The van der Waals surface area contributed by atoms with Gasteiger partial charge in [0.25, 0.3) is 0 Å². The summed E-state index contributed by atoms with van der Waals surface area (Å²) in [5.74, 6) is 0.433. The van der Waals surface area contributed by atoms with Crippen molar-refractivity contribution in [1.82, 2.24) is 10.3 Å². The predicted octanol–water partition coefficient (Wildman–Crippen LogP) is 2.60. The van der Waals surface area contributed by atoms with Crippen molar-refractivity contribution in [3.8, 4) is 0 Å². The zero-order valence-electron chi connectivity index (χ0n) is 11.0. The zero-order valence-corrected chi connectivity index (χ0v) is 11.0. The van der Waals surface area contributed by atoms with Crippen LogP contribution in [0.1, 0.15) is 30.5 Å². The number of pyridine rings is 1. The lowest BCUT2D eigenvalue weighted by Gasteiger charge is -2.21. The van der Waals surface area contributed by atoms with Crippen LogP contribution in [0.5, 0.6) is 0 Å². The van der Waals surface area contributed by atoms with E-state index in [4.69, 9.17) is 0 Å². The highest BCUT2D eigenvalue weighted by Gasteiger charge is 2.30. The predicted molar refractivity (Wildman–Crippen MR) is 68.2 cm³/mol. The van der Waals surface area contributed by atoms with Crippen molar-refractivity contribution >= 4 is 5.78 Å². The molecule has 1 N–H and O–H groups in total. The summed E-state index contributed by atoms with van der Waals surface area (Å²) in [5.41, 5.74) is -0.385. The van der Waals surface area contributed by atoms with Crippen LogP contribution in [-0.2, 0) is 17.4 Å². The van der Waals surface area contributed by atoms with E-state index in [2.05, 4.69) is 10.3 Å². The fourth-order valence-electron chi connectivity index (χ4n) is 2.38. The number of carbonyl (C=O) groups excluding carboxylic acids is 1. The van der Waals surface area contributed by atoms with Gasteiger partial charge in [-0.2, -0.15) is 13.2 Å². The minimum Gasteiger partial charge on any atom is -0.317 e. The van der Waals surface area contributed by atoms with Crippen molar-refractivity contribution in [3.05, 3.63) is 29.6 Å². The minimum atomic E-state index is -4.38. The van der Waals surface area contributed by atoms with Gasteiger partial charge in [0.15, 0.2) is 0 Å². The first kappa shape index (κ1) is 15.0. The number of Topliss-reactive ketones (excluding diaryl/α,β-unsaturated/α-hetero) is 1. The van der Waals surface area contributed by atoms with E-state index in [9.17, 15) is 18.0 Å². The quantitative estimate of drug-likeness (QED) is 0.925. The highest BCUT2D eigenvalue weighted by Crippen LogP contribution is 2.28. The second kappa shape index (κ2) is 6.35. The molecule has 0 aliphatic carbocycles. The summed E-state index contributed by atoms with van der Waals surface area (Å²) in [6.07, 6.45) is -1.04. The Kier molecular flexibility index (Phi) is 4.75. The van der Waals surface area contributed by atoms with Crippen LogP contribution in [0, 0.1) is 5.92 Å². The number of aromatic nitrogens is 1. The minimum absolute atomic E-state index is 0.0455. The normalized spacial score (nSPS) is 17.1. The molecule has 1 fully saturated rings. The molecule has 3 nitrogen and oxygen atoms in total. The van der Waals surface area contributed by atoms with E-state index in [0.29, 0.717) is 18.0 Å². The SMILES string of the molecule is O=C(Cc1ccc(C(F)(F)F)cn1)CC1CCNCC1. The molecule has 1 aromatic rings. The highest BCUT2D eigenvalue weighted by atomic mass is 19.4. The molecule has 0 spiro atoms. The van der Waals surface area contributed by atoms with Gasteiger partial charge < -0.3 is 5.32 Å². The summed E-state index contributed by atoms with van der Waals surface area (Å²) >= 11 is 0. The summed E-state index contributed by atoms with van der Waals surface area (Å²) in [6, 6.07) is 2.25. The molecule has 0 bridgehead atoms. The van der Waals surface area contributed by atoms with E-state index in [1.165, 1.54) is 6.07 Å².